The van der Waals surface area contributed by atoms with Gasteiger partial charge in [0.15, 0.2) is 0 Å². The highest BCUT2D eigenvalue weighted by molar-refractivity contribution is 7.99. The van der Waals surface area contributed by atoms with Gasteiger partial charge in [0.2, 0.25) is 11.3 Å². The van der Waals surface area contributed by atoms with Crippen molar-refractivity contribution in [3.05, 3.63) is 63.5 Å². The fraction of sp³-hybridized carbons (Fsp3) is 0.250. The van der Waals surface area contributed by atoms with Crippen LogP contribution in [0.2, 0.25) is 5.02 Å². The minimum atomic E-state index is -0.180. The summed E-state index contributed by atoms with van der Waals surface area (Å²) in [5.41, 5.74) is 1.25. The Bertz CT molecular complexity index is 698. The smallest absolute Gasteiger partial charge is 0.234 e. The second-order valence-corrected chi connectivity index (χ2v) is 6.14. The predicted molar refractivity (Wildman–Crippen MR) is 92.6 cm³/mol. The van der Waals surface area contributed by atoms with Crippen LogP contribution in [0.1, 0.15) is 12.5 Å². The van der Waals surface area contributed by atoms with E-state index in [-0.39, 0.29) is 11.3 Å². The van der Waals surface area contributed by atoms with Gasteiger partial charge in [0.05, 0.1) is 5.75 Å². The van der Waals surface area contributed by atoms with Gasteiger partial charge in [-0.15, -0.1) is 11.8 Å². The van der Waals surface area contributed by atoms with Crippen molar-refractivity contribution >= 4 is 35.0 Å². The van der Waals surface area contributed by atoms with Gasteiger partial charge in [-0.05, 0) is 24.6 Å². The molecular weight excluding hydrogens is 320 g/mol. The number of anilines is 1. The van der Waals surface area contributed by atoms with Gasteiger partial charge in [-0.2, -0.15) is 0 Å². The molecule has 4 nitrogen and oxygen atoms in total. The van der Waals surface area contributed by atoms with Crippen molar-refractivity contribution in [2.45, 2.75) is 19.2 Å². The zero-order valence-electron chi connectivity index (χ0n) is 12.2. The van der Waals surface area contributed by atoms with Crippen molar-refractivity contribution in [3.63, 3.8) is 0 Å². The number of halogens is 1. The Labute approximate surface area is 138 Å². The quantitative estimate of drug-likeness (QED) is 0.879. The fourth-order valence-corrected chi connectivity index (χ4v) is 2.76. The maximum absolute atomic E-state index is 11.9. The lowest BCUT2D eigenvalue weighted by atomic mass is 10.2. The van der Waals surface area contributed by atoms with Crippen LogP contribution in [-0.2, 0) is 17.1 Å². The molecule has 1 aromatic heterocycles. The van der Waals surface area contributed by atoms with Crippen molar-refractivity contribution in [1.82, 2.24) is 4.57 Å². The molecule has 0 fully saturated rings. The molecule has 6 heteroatoms. The van der Waals surface area contributed by atoms with Gasteiger partial charge in [-0.25, -0.2) is 0 Å². The summed E-state index contributed by atoms with van der Waals surface area (Å²) in [5, 5.41) is 3.36. The molecule has 0 radical (unpaired) electrons. The number of amides is 1. The molecule has 2 rings (SSSR count). The summed E-state index contributed by atoms with van der Waals surface area (Å²) in [6.07, 6.45) is 3.36. The van der Waals surface area contributed by atoms with E-state index in [1.165, 1.54) is 17.8 Å². The molecule has 22 heavy (non-hydrogen) atoms. The van der Waals surface area contributed by atoms with E-state index in [4.69, 9.17) is 11.6 Å². The molecule has 1 N–H and O–H groups in total. The number of thioether (sulfide) groups is 1. The van der Waals surface area contributed by atoms with Gasteiger partial charge in [0, 0.05) is 35.8 Å². The fourth-order valence-electron chi connectivity index (χ4n) is 1.84. The van der Waals surface area contributed by atoms with Crippen LogP contribution in [0, 0.1) is 0 Å². The van der Waals surface area contributed by atoms with Crippen molar-refractivity contribution in [2.75, 3.05) is 11.1 Å². The number of carbonyl (C=O) groups excluding carboxylic acids is 1. The topological polar surface area (TPSA) is 51.1 Å². The SMILES string of the molecule is CCn1ccc(=O)c(NC(=O)CSCc2ccc(Cl)cc2)c1. The Kier molecular flexibility index (Phi) is 6.10. The lowest BCUT2D eigenvalue weighted by Gasteiger charge is -2.07. The number of nitrogens with one attached hydrogen (secondary N) is 1. The Balaban J connectivity index is 1.85. The molecule has 0 aliphatic heterocycles. The standard InChI is InChI=1S/C16H17ClN2O2S/c1-2-19-8-7-15(20)14(9-19)18-16(21)11-22-10-12-3-5-13(17)6-4-12/h3-9H,2,10-11H2,1H3,(H,18,21). The minimum absolute atomic E-state index is 0.176. The van der Waals surface area contributed by atoms with E-state index >= 15 is 0 Å². The van der Waals surface area contributed by atoms with Crippen LogP contribution < -0.4 is 10.7 Å². The number of pyridine rings is 1. The summed E-state index contributed by atoms with van der Waals surface area (Å²) in [7, 11) is 0. The Morgan fingerprint density at radius 2 is 2.00 bits per heavy atom. The number of carbonyl (C=O) groups is 1. The van der Waals surface area contributed by atoms with Crippen LogP contribution in [0.4, 0.5) is 5.69 Å². The van der Waals surface area contributed by atoms with Gasteiger partial charge in [0.1, 0.15) is 5.69 Å². The van der Waals surface area contributed by atoms with E-state index in [2.05, 4.69) is 5.32 Å². The lowest BCUT2D eigenvalue weighted by molar-refractivity contribution is -0.113. The van der Waals surface area contributed by atoms with Crippen molar-refractivity contribution in [1.29, 1.82) is 0 Å². The molecule has 116 valence electrons. The average Bonchev–Trinajstić information content (AvgIpc) is 2.51. The molecule has 0 unspecified atom stereocenters. The first-order chi connectivity index (χ1) is 10.6. The van der Waals surface area contributed by atoms with Gasteiger partial charge < -0.3 is 9.88 Å². The van der Waals surface area contributed by atoms with E-state index < -0.39 is 0 Å². The number of aryl methyl sites for hydroxylation is 1. The van der Waals surface area contributed by atoms with Crippen LogP contribution in [0.15, 0.2) is 47.5 Å². The van der Waals surface area contributed by atoms with Gasteiger partial charge in [0.25, 0.3) is 0 Å². The summed E-state index contributed by atoms with van der Waals surface area (Å²) in [5.74, 6) is 0.840. The van der Waals surface area contributed by atoms with Gasteiger partial charge in [-0.3, -0.25) is 9.59 Å². The minimum Gasteiger partial charge on any atom is -0.352 e. The normalized spacial score (nSPS) is 10.5. The van der Waals surface area contributed by atoms with E-state index in [9.17, 15) is 9.59 Å². The molecule has 0 aliphatic carbocycles. The second kappa shape index (κ2) is 8.06. The number of hydrogen-bond donors (Lipinski definition) is 1. The molecule has 1 aromatic carbocycles. The summed E-state index contributed by atoms with van der Waals surface area (Å²) >= 11 is 7.31. The van der Waals surface area contributed by atoms with Crippen molar-refractivity contribution in [2.24, 2.45) is 0 Å². The molecule has 0 saturated heterocycles. The molecule has 1 amide bonds. The lowest BCUT2D eigenvalue weighted by Crippen LogP contribution is -2.20. The van der Waals surface area contributed by atoms with E-state index in [0.29, 0.717) is 16.5 Å². The summed E-state index contributed by atoms with van der Waals surface area (Å²) in [4.78, 5) is 23.6. The average molecular weight is 337 g/mol. The largest absolute Gasteiger partial charge is 0.352 e. The van der Waals surface area contributed by atoms with Crippen LogP contribution >= 0.6 is 23.4 Å². The molecule has 0 aliphatic rings. The number of rotatable bonds is 6. The molecule has 1 heterocycles. The highest BCUT2D eigenvalue weighted by Crippen LogP contribution is 2.15. The summed E-state index contributed by atoms with van der Waals surface area (Å²) in [6, 6.07) is 8.98. The molecule has 0 atom stereocenters. The van der Waals surface area contributed by atoms with Gasteiger partial charge in [-0.1, -0.05) is 23.7 Å². The first kappa shape index (κ1) is 16.6. The third-order valence-electron chi connectivity index (χ3n) is 3.03. The van der Waals surface area contributed by atoms with Crippen molar-refractivity contribution in [3.8, 4) is 0 Å². The second-order valence-electron chi connectivity index (χ2n) is 4.72. The zero-order chi connectivity index (χ0) is 15.9. The Morgan fingerprint density at radius 1 is 1.27 bits per heavy atom. The van der Waals surface area contributed by atoms with Crippen LogP contribution in [0.5, 0.6) is 0 Å². The van der Waals surface area contributed by atoms with E-state index in [1.807, 2.05) is 35.8 Å². The molecule has 0 saturated carbocycles. The molecule has 0 bridgehead atoms. The molecule has 2 aromatic rings. The number of nitrogens with zero attached hydrogens (tertiary/aromatic N) is 1. The number of hydrogen-bond acceptors (Lipinski definition) is 3. The van der Waals surface area contributed by atoms with Crippen LogP contribution in [0.3, 0.4) is 0 Å². The summed E-state index contributed by atoms with van der Waals surface area (Å²) in [6.45, 7) is 2.71. The van der Waals surface area contributed by atoms with Crippen molar-refractivity contribution < 1.29 is 4.79 Å². The van der Waals surface area contributed by atoms with Crippen LogP contribution in [-0.4, -0.2) is 16.2 Å². The number of aromatic nitrogens is 1. The predicted octanol–water partition coefficient (Wildman–Crippen LogP) is 3.39. The maximum Gasteiger partial charge on any atom is 0.234 e. The van der Waals surface area contributed by atoms with E-state index in [0.717, 1.165) is 17.9 Å². The number of benzene rings is 1. The zero-order valence-corrected chi connectivity index (χ0v) is 13.8. The Morgan fingerprint density at radius 3 is 2.68 bits per heavy atom. The first-order valence-corrected chi connectivity index (χ1v) is 8.44. The first-order valence-electron chi connectivity index (χ1n) is 6.90. The summed E-state index contributed by atoms with van der Waals surface area (Å²) < 4.78 is 1.85. The monoisotopic (exact) mass is 336 g/mol. The highest BCUT2D eigenvalue weighted by Gasteiger charge is 2.06. The Hall–Kier alpha value is -1.72. The van der Waals surface area contributed by atoms with Crippen LogP contribution in [0.25, 0.3) is 0 Å². The molecular formula is C16H17ClN2O2S. The third-order valence-corrected chi connectivity index (χ3v) is 4.29. The third kappa shape index (κ3) is 4.93. The molecule has 0 spiro atoms. The van der Waals surface area contributed by atoms with Gasteiger partial charge >= 0.3 is 0 Å². The maximum atomic E-state index is 11.9. The highest BCUT2D eigenvalue weighted by atomic mass is 35.5. The van der Waals surface area contributed by atoms with E-state index in [1.54, 1.807) is 12.4 Å².